The topological polar surface area (TPSA) is 46.3 Å². The van der Waals surface area contributed by atoms with Crippen LogP contribution in [0.5, 0.6) is 0 Å². The van der Waals surface area contributed by atoms with Gasteiger partial charge in [0.05, 0.1) is 8.66 Å². The molecule has 0 saturated heterocycles. The molecular formula is C13H11BrN2OS2. The van der Waals surface area contributed by atoms with Crippen molar-refractivity contribution in [3.05, 3.63) is 50.6 Å². The van der Waals surface area contributed by atoms with Gasteiger partial charge in [-0.15, -0.1) is 11.3 Å². The van der Waals surface area contributed by atoms with Crippen molar-refractivity contribution < 1.29 is 4.79 Å². The number of thiophene rings is 1. The van der Waals surface area contributed by atoms with E-state index in [9.17, 15) is 4.79 Å². The number of anilines is 1. The van der Waals surface area contributed by atoms with E-state index in [0.29, 0.717) is 9.87 Å². The summed E-state index contributed by atoms with van der Waals surface area (Å²) in [7, 11) is 1.73. The van der Waals surface area contributed by atoms with Gasteiger partial charge in [-0.2, -0.15) is 0 Å². The smallest absolute Gasteiger partial charge is 0.268 e. The summed E-state index contributed by atoms with van der Waals surface area (Å²) in [5, 5.41) is 0. The van der Waals surface area contributed by atoms with Crippen molar-refractivity contribution in [3.63, 3.8) is 0 Å². The first-order chi connectivity index (χ1) is 8.99. The van der Waals surface area contributed by atoms with Crippen molar-refractivity contribution in [2.45, 2.75) is 0 Å². The van der Waals surface area contributed by atoms with E-state index < -0.39 is 0 Å². The molecule has 6 heteroatoms. The van der Waals surface area contributed by atoms with Gasteiger partial charge < -0.3 is 10.6 Å². The van der Waals surface area contributed by atoms with Crippen LogP contribution < -0.4 is 10.6 Å². The van der Waals surface area contributed by atoms with E-state index in [1.807, 2.05) is 30.3 Å². The number of benzene rings is 1. The molecule has 0 radical (unpaired) electrons. The van der Waals surface area contributed by atoms with Crippen molar-refractivity contribution in [1.82, 2.24) is 0 Å². The van der Waals surface area contributed by atoms with Crippen molar-refractivity contribution in [2.24, 2.45) is 5.73 Å². The number of nitrogens with two attached hydrogens (primary N) is 1. The molecule has 0 saturated carbocycles. The first-order valence-electron chi connectivity index (χ1n) is 5.42. The van der Waals surface area contributed by atoms with Gasteiger partial charge in [-0.3, -0.25) is 4.79 Å². The summed E-state index contributed by atoms with van der Waals surface area (Å²) >= 11 is 9.70. The summed E-state index contributed by atoms with van der Waals surface area (Å²) in [6.45, 7) is 0. The first-order valence-corrected chi connectivity index (χ1v) is 7.44. The largest absolute Gasteiger partial charge is 0.389 e. The average molecular weight is 355 g/mol. The molecule has 0 aliphatic carbocycles. The first kappa shape index (κ1) is 14.2. The van der Waals surface area contributed by atoms with Crippen LogP contribution in [0.2, 0.25) is 0 Å². The number of nitrogens with zero attached hydrogens (tertiary/aromatic N) is 1. The maximum Gasteiger partial charge on any atom is 0.268 e. The molecule has 2 aromatic rings. The summed E-state index contributed by atoms with van der Waals surface area (Å²) in [5.74, 6) is -0.0595. The predicted octanol–water partition coefficient (Wildman–Crippen LogP) is 3.42. The number of amides is 1. The molecule has 0 bridgehead atoms. The molecule has 0 fully saturated rings. The third kappa shape index (κ3) is 3.20. The molecule has 0 aliphatic heterocycles. The molecule has 0 spiro atoms. The Bertz CT molecular complexity index is 639. The molecule has 98 valence electrons. The summed E-state index contributed by atoms with van der Waals surface area (Å²) in [5.41, 5.74) is 7.11. The zero-order valence-corrected chi connectivity index (χ0v) is 13.3. The van der Waals surface area contributed by atoms with E-state index >= 15 is 0 Å². The van der Waals surface area contributed by atoms with Gasteiger partial charge in [0.25, 0.3) is 5.91 Å². The number of hydrogen-bond acceptors (Lipinski definition) is 3. The van der Waals surface area contributed by atoms with Gasteiger partial charge in [-0.05, 0) is 40.2 Å². The number of hydrogen-bond donors (Lipinski definition) is 1. The lowest BCUT2D eigenvalue weighted by Crippen LogP contribution is -2.25. The van der Waals surface area contributed by atoms with Gasteiger partial charge in [-0.25, -0.2) is 0 Å². The summed E-state index contributed by atoms with van der Waals surface area (Å²) in [4.78, 5) is 14.9. The average Bonchev–Trinajstić information content (AvgIpc) is 2.84. The maximum absolute atomic E-state index is 12.3. The Labute approximate surface area is 129 Å². The molecule has 2 rings (SSSR count). The molecule has 0 unspecified atom stereocenters. The molecule has 1 aromatic carbocycles. The van der Waals surface area contributed by atoms with Crippen molar-refractivity contribution >= 4 is 56.1 Å². The lowest BCUT2D eigenvalue weighted by Gasteiger charge is -2.17. The highest BCUT2D eigenvalue weighted by molar-refractivity contribution is 9.11. The molecule has 0 atom stereocenters. The summed E-state index contributed by atoms with van der Waals surface area (Å²) < 4.78 is 0.932. The van der Waals surface area contributed by atoms with Crippen molar-refractivity contribution in [1.29, 1.82) is 0 Å². The number of thiocarbonyl (C=S) groups is 1. The van der Waals surface area contributed by atoms with Crippen LogP contribution >= 0.6 is 39.5 Å². The van der Waals surface area contributed by atoms with Crippen LogP contribution in [-0.2, 0) is 0 Å². The summed E-state index contributed by atoms with van der Waals surface area (Å²) in [6, 6.07) is 11.0. The highest BCUT2D eigenvalue weighted by Gasteiger charge is 2.15. The van der Waals surface area contributed by atoms with E-state index in [4.69, 9.17) is 18.0 Å². The molecule has 1 heterocycles. The van der Waals surface area contributed by atoms with Crippen LogP contribution in [0, 0.1) is 0 Å². The van der Waals surface area contributed by atoms with Crippen LogP contribution in [-0.4, -0.2) is 17.9 Å². The number of carbonyl (C=O) groups excluding carboxylic acids is 1. The molecule has 1 aromatic heterocycles. The lowest BCUT2D eigenvalue weighted by molar-refractivity contribution is 0.0997. The molecule has 3 nitrogen and oxygen atoms in total. The van der Waals surface area contributed by atoms with Gasteiger partial charge in [0.2, 0.25) is 0 Å². The second-order valence-corrected chi connectivity index (χ2v) is 6.79. The Morgan fingerprint density at radius 2 is 2.11 bits per heavy atom. The molecule has 2 N–H and O–H groups in total. The van der Waals surface area contributed by atoms with E-state index in [2.05, 4.69) is 15.9 Å². The van der Waals surface area contributed by atoms with Crippen LogP contribution in [0.15, 0.2) is 40.2 Å². The highest BCUT2D eigenvalue weighted by atomic mass is 79.9. The van der Waals surface area contributed by atoms with Crippen molar-refractivity contribution in [3.8, 4) is 0 Å². The van der Waals surface area contributed by atoms with Gasteiger partial charge in [0.1, 0.15) is 4.99 Å². The minimum absolute atomic E-state index is 0.0595. The third-order valence-corrected chi connectivity index (χ3v) is 4.45. The van der Waals surface area contributed by atoms with E-state index in [0.717, 1.165) is 15.0 Å². The molecule has 0 aliphatic rings. The summed E-state index contributed by atoms with van der Waals surface area (Å²) in [6.07, 6.45) is 0. The maximum atomic E-state index is 12.3. The van der Waals surface area contributed by atoms with E-state index in [1.54, 1.807) is 18.0 Å². The van der Waals surface area contributed by atoms with Crippen LogP contribution in [0.3, 0.4) is 0 Å². The Morgan fingerprint density at radius 1 is 1.37 bits per heavy atom. The van der Waals surface area contributed by atoms with Gasteiger partial charge in [0, 0.05) is 18.3 Å². The second-order valence-electron chi connectivity index (χ2n) is 3.88. The van der Waals surface area contributed by atoms with E-state index in [1.165, 1.54) is 11.3 Å². The predicted molar refractivity (Wildman–Crippen MR) is 87.1 cm³/mol. The zero-order valence-electron chi connectivity index (χ0n) is 10.1. The minimum Gasteiger partial charge on any atom is -0.389 e. The lowest BCUT2D eigenvalue weighted by atomic mass is 10.2. The van der Waals surface area contributed by atoms with Gasteiger partial charge in [0.15, 0.2) is 0 Å². The third-order valence-electron chi connectivity index (χ3n) is 2.61. The Hall–Kier alpha value is -1.24. The fourth-order valence-electron chi connectivity index (χ4n) is 1.58. The van der Waals surface area contributed by atoms with Crippen LogP contribution in [0.25, 0.3) is 0 Å². The molecule has 19 heavy (non-hydrogen) atoms. The monoisotopic (exact) mass is 354 g/mol. The van der Waals surface area contributed by atoms with Crippen molar-refractivity contribution in [2.75, 3.05) is 11.9 Å². The Balaban J connectivity index is 2.28. The number of carbonyl (C=O) groups is 1. The SMILES string of the molecule is CN(C(=O)c1ccc(Br)s1)c1cccc(C(N)=S)c1. The fraction of sp³-hybridized carbons (Fsp3) is 0.0769. The van der Waals surface area contributed by atoms with E-state index in [-0.39, 0.29) is 5.91 Å². The van der Waals surface area contributed by atoms with Crippen LogP contribution in [0.4, 0.5) is 5.69 Å². The van der Waals surface area contributed by atoms with Gasteiger partial charge in [-0.1, -0.05) is 24.4 Å². The highest BCUT2D eigenvalue weighted by Crippen LogP contribution is 2.25. The fourth-order valence-corrected chi connectivity index (χ4v) is 3.07. The second kappa shape index (κ2) is 5.81. The quantitative estimate of drug-likeness (QED) is 0.859. The molecule has 1 amide bonds. The standard InChI is InChI=1S/C13H11BrN2OS2/c1-16(13(17)10-5-6-11(14)19-10)9-4-2-3-8(7-9)12(15)18/h2-7H,1H3,(H2,15,18). The zero-order chi connectivity index (χ0) is 14.0. The number of rotatable bonds is 3. The Morgan fingerprint density at radius 3 is 2.68 bits per heavy atom. The normalized spacial score (nSPS) is 10.2. The van der Waals surface area contributed by atoms with Crippen LogP contribution in [0.1, 0.15) is 15.2 Å². The Kier molecular flexibility index (Phi) is 4.34. The minimum atomic E-state index is -0.0595. The van der Waals surface area contributed by atoms with Gasteiger partial charge >= 0.3 is 0 Å². The number of halogens is 1. The molecular weight excluding hydrogens is 344 g/mol.